The van der Waals surface area contributed by atoms with Crippen molar-refractivity contribution in [2.45, 2.75) is 111 Å². The lowest BCUT2D eigenvalue weighted by atomic mass is 9.97. The number of H-pyrrole nitrogens is 1. The van der Waals surface area contributed by atoms with Crippen molar-refractivity contribution in [3.05, 3.63) is 88.6 Å². The number of esters is 5. The highest BCUT2D eigenvalue weighted by molar-refractivity contribution is 5.85. The Morgan fingerprint density at radius 2 is 1.42 bits per heavy atom. The van der Waals surface area contributed by atoms with E-state index in [-0.39, 0.29) is 30.7 Å². The second-order valence-electron chi connectivity index (χ2n) is 13.7. The van der Waals surface area contributed by atoms with Gasteiger partial charge in [-0.3, -0.25) is 29.1 Å². The van der Waals surface area contributed by atoms with Gasteiger partial charge in [-0.2, -0.15) is 0 Å². The summed E-state index contributed by atoms with van der Waals surface area (Å²) in [5.41, 5.74) is 3.97. The van der Waals surface area contributed by atoms with Crippen molar-refractivity contribution in [1.82, 2.24) is 15.5 Å². The van der Waals surface area contributed by atoms with Crippen LogP contribution >= 0.6 is 0 Å². The quantitative estimate of drug-likeness (QED) is 0.145. The standard InChI is InChI=1S/C41H49N3O13/c1-23(2)35-32(20-30-18-16-29(17-19-30)14-11-15-34(49)42-24(3)40(50)52-21-31-12-9-8-10-13-31)39(44-43-35)57-41-38(55-28(7)48)37(54-27(6)47)36(53-26(5)46)33(56-41)22-51-25(4)45/h8-14,16-19,23-24,33,36-38,41H,15,20-22H2,1-7H3,(H,42,49)(H,43,44)/b14-11+/t24-,33+,36+,37-,38+,41-/m0/s1. The molecule has 4 rings (SSSR count). The largest absolute Gasteiger partial charge is 0.463 e. The van der Waals surface area contributed by atoms with E-state index >= 15 is 0 Å². The average Bonchev–Trinajstić information content (AvgIpc) is 3.54. The van der Waals surface area contributed by atoms with Crippen molar-refractivity contribution >= 4 is 41.8 Å². The van der Waals surface area contributed by atoms with Crippen molar-refractivity contribution < 1.29 is 61.9 Å². The summed E-state index contributed by atoms with van der Waals surface area (Å²) in [6, 6.07) is 16.0. The predicted molar refractivity (Wildman–Crippen MR) is 202 cm³/mol. The zero-order chi connectivity index (χ0) is 41.6. The number of aromatic amines is 1. The topological polar surface area (TPSA) is 208 Å². The molecule has 1 aromatic heterocycles. The Hall–Kier alpha value is -6.03. The Kier molecular flexibility index (Phi) is 15.9. The van der Waals surface area contributed by atoms with Crippen LogP contribution in [0.25, 0.3) is 6.08 Å². The minimum absolute atomic E-state index is 0.0259. The van der Waals surface area contributed by atoms with Crippen molar-refractivity contribution in [2.75, 3.05) is 6.61 Å². The van der Waals surface area contributed by atoms with Gasteiger partial charge in [-0.05, 0) is 29.5 Å². The van der Waals surface area contributed by atoms with Gasteiger partial charge in [-0.1, -0.05) is 80.6 Å². The van der Waals surface area contributed by atoms with Crippen LogP contribution < -0.4 is 10.1 Å². The Balaban J connectivity index is 1.47. The number of carbonyl (C=O) groups excluding carboxylic acids is 6. The highest BCUT2D eigenvalue weighted by atomic mass is 16.7. The number of amides is 1. The van der Waals surface area contributed by atoms with Crippen LogP contribution in [0.2, 0.25) is 0 Å². The molecule has 1 aliphatic heterocycles. The summed E-state index contributed by atoms with van der Waals surface area (Å²) >= 11 is 0. The van der Waals surface area contributed by atoms with Gasteiger partial charge >= 0.3 is 29.8 Å². The maximum atomic E-state index is 12.5. The molecule has 0 radical (unpaired) electrons. The van der Waals surface area contributed by atoms with Gasteiger partial charge in [0, 0.05) is 51.8 Å². The lowest BCUT2D eigenvalue weighted by Crippen LogP contribution is -2.63. The maximum absolute atomic E-state index is 12.5. The number of rotatable bonds is 17. The maximum Gasteiger partial charge on any atom is 0.328 e. The summed E-state index contributed by atoms with van der Waals surface area (Å²) in [6.07, 6.45) is -2.95. The fourth-order valence-corrected chi connectivity index (χ4v) is 5.97. The van der Waals surface area contributed by atoms with Crippen molar-refractivity contribution in [2.24, 2.45) is 0 Å². The molecule has 6 atom stereocenters. The number of ether oxygens (including phenoxy) is 7. The molecule has 1 amide bonds. The number of hydrogen-bond donors (Lipinski definition) is 2. The summed E-state index contributed by atoms with van der Waals surface area (Å²) in [5, 5.41) is 10.1. The van der Waals surface area contributed by atoms with Crippen LogP contribution in [0.5, 0.6) is 5.88 Å². The van der Waals surface area contributed by atoms with Gasteiger partial charge < -0.3 is 38.5 Å². The molecule has 0 unspecified atom stereocenters. The molecule has 2 heterocycles. The zero-order valence-corrected chi connectivity index (χ0v) is 33.0. The first-order chi connectivity index (χ1) is 27.1. The zero-order valence-electron chi connectivity index (χ0n) is 33.0. The molecule has 0 spiro atoms. The van der Waals surface area contributed by atoms with Gasteiger partial charge in [0.25, 0.3) is 0 Å². The third-order valence-electron chi connectivity index (χ3n) is 8.54. The molecule has 0 bridgehead atoms. The fraction of sp³-hybridized carbons (Fsp3) is 0.439. The molecule has 16 nitrogen and oxygen atoms in total. The summed E-state index contributed by atoms with van der Waals surface area (Å²) in [5.74, 6) is -3.71. The molecule has 3 aromatic rings. The minimum Gasteiger partial charge on any atom is -0.463 e. The second kappa shape index (κ2) is 20.8. The van der Waals surface area contributed by atoms with E-state index in [9.17, 15) is 28.8 Å². The van der Waals surface area contributed by atoms with E-state index in [4.69, 9.17) is 33.2 Å². The van der Waals surface area contributed by atoms with E-state index in [1.165, 1.54) is 6.92 Å². The third-order valence-corrected chi connectivity index (χ3v) is 8.54. The van der Waals surface area contributed by atoms with E-state index in [1.807, 2.05) is 68.4 Å². The van der Waals surface area contributed by atoms with Crippen molar-refractivity contribution in [1.29, 1.82) is 0 Å². The number of carbonyl (C=O) groups is 6. The number of benzene rings is 2. The van der Waals surface area contributed by atoms with Crippen molar-refractivity contribution in [3.63, 3.8) is 0 Å². The average molecular weight is 792 g/mol. The third kappa shape index (κ3) is 13.3. The van der Waals surface area contributed by atoms with Crippen LogP contribution in [0.15, 0.2) is 60.7 Å². The molecule has 306 valence electrons. The first-order valence-electron chi connectivity index (χ1n) is 18.4. The van der Waals surface area contributed by atoms with Crippen LogP contribution in [0.4, 0.5) is 0 Å². The van der Waals surface area contributed by atoms with Crippen LogP contribution in [-0.4, -0.2) is 89.3 Å². The summed E-state index contributed by atoms with van der Waals surface area (Å²) in [4.78, 5) is 73.2. The molecule has 1 fully saturated rings. The summed E-state index contributed by atoms with van der Waals surface area (Å²) in [6.45, 7) is 9.81. The molecule has 2 N–H and O–H groups in total. The van der Waals surface area contributed by atoms with Crippen LogP contribution in [0.1, 0.15) is 88.8 Å². The summed E-state index contributed by atoms with van der Waals surface area (Å²) < 4.78 is 39.4. The molecule has 1 saturated heterocycles. The lowest BCUT2D eigenvalue weighted by molar-refractivity contribution is -0.289. The van der Waals surface area contributed by atoms with E-state index < -0.39 is 73.2 Å². The molecular weight excluding hydrogens is 742 g/mol. The highest BCUT2D eigenvalue weighted by Gasteiger charge is 2.53. The van der Waals surface area contributed by atoms with Crippen LogP contribution in [0, 0.1) is 0 Å². The minimum atomic E-state index is -1.46. The smallest absolute Gasteiger partial charge is 0.328 e. The first-order valence-corrected chi connectivity index (χ1v) is 18.4. The fourth-order valence-electron chi connectivity index (χ4n) is 5.97. The van der Waals surface area contributed by atoms with Crippen LogP contribution in [0.3, 0.4) is 0 Å². The lowest BCUT2D eigenvalue weighted by Gasteiger charge is -2.43. The summed E-state index contributed by atoms with van der Waals surface area (Å²) in [7, 11) is 0. The van der Waals surface area contributed by atoms with Gasteiger partial charge in [0.2, 0.25) is 24.2 Å². The van der Waals surface area contributed by atoms with Crippen molar-refractivity contribution in [3.8, 4) is 5.88 Å². The first kappa shape index (κ1) is 43.7. The van der Waals surface area contributed by atoms with Gasteiger partial charge in [0.05, 0.1) is 0 Å². The number of aromatic nitrogens is 2. The Morgan fingerprint density at radius 1 is 0.789 bits per heavy atom. The number of nitrogens with zero attached hydrogens (tertiary/aromatic N) is 1. The molecule has 1 aliphatic rings. The second-order valence-corrected chi connectivity index (χ2v) is 13.7. The molecular formula is C41H49N3O13. The van der Waals surface area contributed by atoms with E-state index in [1.54, 1.807) is 19.1 Å². The Labute approximate surface area is 330 Å². The molecule has 2 aromatic carbocycles. The molecule has 0 aliphatic carbocycles. The number of hydrogen-bond acceptors (Lipinski definition) is 14. The van der Waals surface area contributed by atoms with Gasteiger partial charge in [0.1, 0.15) is 25.4 Å². The highest BCUT2D eigenvalue weighted by Crippen LogP contribution is 2.34. The van der Waals surface area contributed by atoms with E-state index in [0.717, 1.165) is 43.2 Å². The Morgan fingerprint density at radius 3 is 2.04 bits per heavy atom. The van der Waals surface area contributed by atoms with Gasteiger partial charge in [-0.15, -0.1) is 5.10 Å². The van der Waals surface area contributed by atoms with E-state index in [0.29, 0.717) is 12.0 Å². The van der Waals surface area contributed by atoms with Gasteiger partial charge in [0.15, 0.2) is 12.2 Å². The number of nitrogens with one attached hydrogen (secondary N) is 2. The van der Waals surface area contributed by atoms with E-state index in [2.05, 4.69) is 15.5 Å². The molecule has 16 heteroatoms. The molecule has 57 heavy (non-hydrogen) atoms. The Bertz CT molecular complexity index is 1890. The predicted octanol–water partition coefficient (Wildman–Crippen LogP) is 4.24. The van der Waals surface area contributed by atoms with Gasteiger partial charge in [-0.25, -0.2) is 4.79 Å². The normalized spacial score (nSPS) is 19.6. The monoisotopic (exact) mass is 791 g/mol. The SMILES string of the molecule is CC(=O)OC[C@H]1O[C@@H](Oc2n[nH]c(C(C)C)c2Cc2ccc(/C=C/CC(=O)N[C@@H](C)C(=O)OCc3ccccc3)cc2)[C@H](OC(C)=O)[C@@H](OC(C)=O)[C@@H]1OC(C)=O. The van der Waals surface area contributed by atoms with Crippen LogP contribution in [-0.2, 0) is 70.2 Å². The molecule has 0 saturated carbocycles.